The van der Waals surface area contributed by atoms with Gasteiger partial charge in [-0.2, -0.15) is 0 Å². The Balaban J connectivity index is -0.0000000762. The van der Waals surface area contributed by atoms with Gasteiger partial charge < -0.3 is 21.1 Å². The van der Waals surface area contributed by atoms with E-state index in [1.54, 1.807) is 13.8 Å². The fourth-order valence-corrected chi connectivity index (χ4v) is 0.644. The van der Waals surface area contributed by atoms with E-state index in [1.807, 2.05) is 0 Å². The third kappa shape index (κ3) is 10.7. The van der Waals surface area contributed by atoms with Crippen LogP contribution in [0, 0.1) is 10.8 Å². The van der Waals surface area contributed by atoms with Gasteiger partial charge in [0.25, 0.3) is 0 Å². The minimum absolute atomic E-state index is 0. The number of hydrogen-bond donors (Lipinski definition) is 2. The van der Waals surface area contributed by atoms with E-state index in [1.165, 1.54) is 28.1 Å². The number of carbonyl (C=O) groups excluding carboxylic acids is 2. The summed E-state index contributed by atoms with van der Waals surface area (Å²) in [6.07, 6.45) is 0. The average Bonchev–Trinajstić information content (AvgIpc) is 2.37. The Kier molecular flexibility index (Phi) is 17.9. The predicted molar refractivity (Wildman–Crippen MR) is 76.8 cm³/mol. The van der Waals surface area contributed by atoms with E-state index in [0.29, 0.717) is 0 Å². The van der Waals surface area contributed by atoms with Crippen molar-refractivity contribution in [2.24, 2.45) is 10.8 Å². The third-order valence-corrected chi connectivity index (χ3v) is 2.25. The van der Waals surface area contributed by atoms with E-state index < -0.39 is 17.4 Å². The van der Waals surface area contributed by atoms with Gasteiger partial charge in [-0.05, 0) is 13.8 Å². The summed E-state index contributed by atoms with van der Waals surface area (Å²) in [4.78, 5) is 21.8. The van der Waals surface area contributed by atoms with E-state index in [-0.39, 0.29) is 56.3 Å². The average molecular weight is 302 g/mol. The number of esters is 2. The topological polar surface area (TPSA) is 93.1 Å². The molecule has 0 amide bonds. The number of hydrogen-bond acceptors (Lipinski definition) is 6. The van der Waals surface area contributed by atoms with Gasteiger partial charge in [0.2, 0.25) is 0 Å². The monoisotopic (exact) mass is 302 g/mol. The summed E-state index contributed by atoms with van der Waals surface area (Å²) >= 11 is 0. The van der Waals surface area contributed by atoms with Crippen LogP contribution < -0.4 is 18.9 Å². The maximum Gasteiger partial charge on any atom is 1.00 e. The molecule has 0 rings (SSSR count). The van der Waals surface area contributed by atoms with Crippen LogP contribution in [0.15, 0.2) is 0 Å². The summed E-state index contributed by atoms with van der Waals surface area (Å²) in [6.45, 7) is 6.59. The van der Waals surface area contributed by atoms with Gasteiger partial charge in [0, 0.05) is 5.41 Å². The molecule has 0 heterocycles. The molecule has 0 aliphatic rings. The minimum atomic E-state index is -1.20. The van der Waals surface area contributed by atoms with Crippen molar-refractivity contribution in [3.63, 3.8) is 0 Å². The van der Waals surface area contributed by atoms with Crippen LogP contribution >= 0.6 is 0 Å². The van der Waals surface area contributed by atoms with Crippen LogP contribution in [0.3, 0.4) is 0 Å². The number of aliphatic hydroxyl groups excluding tert-OH is 2. The molecular formula is C12H28AlLiO6. The zero-order valence-corrected chi connectivity index (χ0v) is 12.9. The van der Waals surface area contributed by atoms with E-state index in [0.717, 1.165) is 0 Å². The van der Waals surface area contributed by atoms with Gasteiger partial charge in [0.05, 0.1) is 27.4 Å². The Morgan fingerprint density at radius 1 is 0.950 bits per heavy atom. The Morgan fingerprint density at radius 3 is 1.30 bits per heavy atom. The van der Waals surface area contributed by atoms with Gasteiger partial charge in [0.15, 0.2) is 22.8 Å². The van der Waals surface area contributed by atoms with Gasteiger partial charge in [0.1, 0.15) is 0 Å². The standard InChI is InChI=1S/C7H12O4.C5H12O2.Al.Li.4H/c1-7(2,5(8)10-3)6(9)11-4;1-5(2,3-6)4-7;;;;;;/h1-4H3;6-7H,3-4H2,1-2H3;;;;;;/q;;;+1;;;;-1. The fraction of sp³-hybridized carbons (Fsp3) is 0.833. The van der Waals surface area contributed by atoms with Gasteiger partial charge in [-0.3, -0.25) is 9.59 Å². The zero-order valence-electron chi connectivity index (χ0n) is 13.9. The second-order valence-corrected chi connectivity index (χ2v) is 5.09. The van der Waals surface area contributed by atoms with Crippen LogP contribution in [-0.4, -0.2) is 66.9 Å². The molecule has 116 valence electrons. The second kappa shape index (κ2) is 12.7. The first-order valence-corrected chi connectivity index (χ1v) is 5.47. The van der Waals surface area contributed by atoms with E-state index in [9.17, 15) is 9.59 Å². The Hall–Kier alpha value is -0.0101. The largest absolute Gasteiger partial charge is 1.00 e. The molecule has 20 heavy (non-hydrogen) atoms. The van der Waals surface area contributed by atoms with Gasteiger partial charge in [-0.1, -0.05) is 13.8 Å². The molecule has 6 nitrogen and oxygen atoms in total. The van der Waals surface area contributed by atoms with Crippen molar-refractivity contribution < 1.29 is 49.6 Å². The molecule has 0 radical (unpaired) electrons. The number of rotatable bonds is 4. The Bertz CT molecular complexity index is 263. The second-order valence-electron chi connectivity index (χ2n) is 5.09. The number of aliphatic hydroxyl groups is 2. The molecule has 8 heteroatoms. The molecule has 0 saturated carbocycles. The Labute approximate surface area is 145 Å². The molecule has 0 aromatic rings. The van der Waals surface area contributed by atoms with Crippen LogP contribution in [0.25, 0.3) is 0 Å². The number of carbonyl (C=O) groups is 2. The third-order valence-electron chi connectivity index (χ3n) is 2.25. The molecule has 0 aliphatic carbocycles. The normalized spacial score (nSPS) is 10.0. The molecular weight excluding hydrogens is 274 g/mol. The summed E-state index contributed by atoms with van der Waals surface area (Å²) in [6, 6.07) is 0. The van der Waals surface area contributed by atoms with Crippen molar-refractivity contribution in [3.8, 4) is 0 Å². The van der Waals surface area contributed by atoms with Gasteiger partial charge in [-0.15, -0.1) is 0 Å². The van der Waals surface area contributed by atoms with Crippen molar-refractivity contribution in [1.82, 2.24) is 0 Å². The maximum atomic E-state index is 10.9. The van der Waals surface area contributed by atoms with Crippen LogP contribution in [0.1, 0.15) is 29.1 Å². The molecule has 0 fully saturated rings. The first-order valence-electron chi connectivity index (χ1n) is 5.47. The van der Waals surface area contributed by atoms with Crippen molar-refractivity contribution in [2.45, 2.75) is 27.7 Å². The summed E-state index contributed by atoms with van der Waals surface area (Å²) in [7, 11) is 2.46. The van der Waals surface area contributed by atoms with E-state index >= 15 is 0 Å². The summed E-state index contributed by atoms with van der Waals surface area (Å²) in [5.74, 6) is -1.19. The van der Waals surface area contributed by atoms with Crippen LogP contribution in [0.4, 0.5) is 0 Å². The van der Waals surface area contributed by atoms with Crippen molar-refractivity contribution in [3.05, 3.63) is 0 Å². The molecule has 0 aromatic carbocycles. The maximum absolute atomic E-state index is 10.9. The van der Waals surface area contributed by atoms with Crippen LogP contribution in [-0.2, 0) is 19.1 Å². The van der Waals surface area contributed by atoms with Gasteiger partial charge in [-0.25, -0.2) is 0 Å². The van der Waals surface area contributed by atoms with Gasteiger partial charge >= 0.3 is 30.8 Å². The Morgan fingerprint density at radius 2 is 1.20 bits per heavy atom. The molecule has 0 aromatic heterocycles. The first kappa shape index (κ1) is 28.2. The molecule has 0 atom stereocenters. The predicted octanol–water partition coefficient (Wildman–Crippen LogP) is -3.71. The van der Waals surface area contributed by atoms with E-state index in [4.69, 9.17) is 10.2 Å². The van der Waals surface area contributed by atoms with E-state index in [2.05, 4.69) is 9.47 Å². The van der Waals surface area contributed by atoms with Crippen molar-refractivity contribution in [2.75, 3.05) is 27.4 Å². The SMILES string of the molecule is CC(C)(CO)CO.COC(=O)C(C)(C)C(=O)OC.[AlH3].[H-].[Li+]. The molecule has 0 bridgehead atoms. The van der Waals surface area contributed by atoms with Crippen LogP contribution in [0.5, 0.6) is 0 Å². The van der Waals surface area contributed by atoms with Crippen molar-refractivity contribution in [1.29, 1.82) is 0 Å². The quantitative estimate of drug-likeness (QED) is 0.315. The molecule has 0 unspecified atom stereocenters. The zero-order chi connectivity index (χ0) is 15.0. The first-order chi connectivity index (χ1) is 8.08. The van der Waals surface area contributed by atoms with Crippen molar-refractivity contribution >= 4 is 29.3 Å². The molecule has 2 N–H and O–H groups in total. The molecule has 0 aliphatic heterocycles. The van der Waals surface area contributed by atoms with Crippen LogP contribution in [0.2, 0.25) is 0 Å². The molecule has 0 spiro atoms. The molecule has 0 saturated heterocycles. The fourth-order valence-electron chi connectivity index (χ4n) is 0.644. The summed E-state index contributed by atoms with van der Waals surface area (Å²) < 4.78 is 8.80. The summed E-state index contributed by atoms with van der Waals surface area (Å²) in [5, 5.41) is 16.9. The summed E-state index contributed by atoms with van der Waals surface area (Å²) in [5.41, 5.74) is -1.51. The number of ether oxygens (including phenoxy) is 2. The smallest absolute Gasteiger partial charge is 1.00 e. The number of methoxy groups -OCH3 is 2. The minimum Gasteiger partial charge on any atom is -1.00 e.